The third-order valence-electron chi connectivity index (χ3n) is 7.44. The minimum absolute atomic E-state index is 0.00586. The Balaban J connectivity index is 1.59. The molecule has 1 spiro atoms. The molecule has 4 atom stereocenters. The number of ether oxygens (including phenoxy) is 1. The third-order valence-corrected chi connectivity index (χ3v) is 7.44. The summed E-state index contributed by atoms with van der Waals surface area (Å²) in [5.41, 5.74) is 9.88. The van der Waals surface area contributed by atoms with Crippen LogP contribution in [0.4, 0.5) is 5.69 Å². The number of carbonyl (C=O) groups excluding carboxylic acids is 1. The first-order valence-electron chi connectivity index (χ1n) is 12.1. The van der Waals surface area contributed by atoms with Gasteiger partial charge in [0.15, 0.2) is 29.8 Å². The highest BCUT2D eigenvalue weighted by molar-refractivity contribution is 5.82. The molecule has 4 N–H and O–H groups in total. The zero-order valence-electron chi connectivity index (χ0n) is 19.8. The number of oxazole rings is 2. The van der Waals surface area contributed by atoms with E-state index in [1.165, 1.54) is 6.39 Å². The van der Waals surface area contributed by atoms with Crippen LogP contribution in [0.15, 0.2) is 63.9 Å². The largest absolute Gasteiger partial charge is 0.469 e. The molecule has 9 heteroatoms. The number of anilines is 1. The fourth-order valence-corrected chi connectivity index (χ4v) is 5.71. The van der Waals surface area contributed by atoms with E-state index in [4.69, 9.17) is 24.3 Å². The van der Waals surface area contributed by atoms with Gasteiger partial charge in [0.25, 0.3) is 0 Å². The van der Waals surface area contributed by atoms with Gasteiger partial charge in [0, 0.05) is 11.3 Å². The van der Waals surface area contributed by atoms with E-state index in [-0.39, 0.29) is 11.8 Å². The first-order chi connectivity index (χ1) is 17.5. The standard InChI is InChI=1S/C27H25N5O4/c1-13(2)21-25-32-22(20-11-29-12-34-20)23(36-25)27-15-5-3-4-6-18(15)30-26(27)35-19-8-7-14(9-16(19)27)10-17(28)24(33)31-21/h3-9,11-13,17,21,26,30H,10,28H2,1-2H3,(H,31,33)/t17-,21-,26?,27?/m0/s1. The highest BCUT2D eigenvalue weighted by atomic mass is 16.5. The zero-order valence-corrected chi connectivity index (χ0v) is 19.8. The number of nitrogens with zero attached hydrogens (tertiary/aromatic N) is 2. The van der Waals surface area contributed by atoms with E-state index in [2.05, 4.69) is 27.8 Å². The molecule has 1 amide bonds. The van der Waals surface area contributed by atoms with E-state index in [1.807, 2.05) is 44.2 Å². The molecule has 0 saturated carbocycles. The summed E-state index contributed by atoms with van der Waals surface area (Å²) in [5.74, 6) is 1.92. The Bertz CT molecular complexity index is 1490. The third kappa shape index (κ3) is 2.77. The molecule has 182 valence electrons. The lowest BCUT2D eigenvalue weighted by Gasteiger charge is -2.28. The number of benzene rings is 2. The number of hydrogen-bond donors (Lipinski definition) is 3. The van der Waals surface area contributed by atoms with Crippen LogP contribution in [0.25, 0.3) is 11.5 Å². The van der Waals surface area contributed by atoms with Crippen LogP contribution in [0.3, 0.4) is 0 Å². The monoisotopic (exact) mass is 483 g/mol. The minimum atomic E-state index is -0.843. The minimum Gasteiger partial charge on any atom is -0.469 e. The maximum atomic E-state index is 13.1. The number of amides is 1. The van der Waals surface area contributed by atoms with Crippen LogP contribution in [0, 0.1) is 5.92 Å². The molecule has 3 aliphatic rings. The Labute approximate surface area is 207 Å². The highest BCUT2D eigenvalue weighted by Crippen LogP contribution is 2.59. The molecular formula is C27H25N5O4. The van der Waals surface area contributed by atoms with Crippen LogP contribution in [0.1, 0.15) is 48.2 Å². The molecule has 4 bridgehead atoms. The summed E-state index contributed by atoms with van der Waals surface area (Å²) in [4.78, 5) is 22.1. The molecule has 36 heavy (non-hydrogen) atoms. The maximum absolute atomic E-state index is 13.1. The van der Waals surface area contributed by atoms with Gasteiger partial charge in [-0.05, 0) is 35.6 Å². The van der Waals surface area contributed by atoms with Gasteiger partial charge in [0.1, 0.15) is 17.2 Å². The van der Waals surface area contributed by atoms with Gasteiger partial charge in [-0.1, -0.05) is 44.2 Å². The van der Waals surface area contributed by atoms with Gasteiger partial charge >= 0.3 is 0 Å². The van der Waals surface area contributed by atoms with Crippen LogP contribution >= 0.6 is 0 Å². The number of nitrogens with one attached hydrogen (secondary N) is 2. The average Bonchev–Trinajstić information content (AvgIpc) is 3.63. The first-order valence-corrected chi connectivity index (χ1v) is 12.1. The normalized spacial score (nSPS) is 25.8. The molecule has 0 saturated heterocycles. The van der Waals surface area contributed by atoms with Crippen LogP contribution in [0.2, 0.25) is 0 Å². The summed E-state index contributed by atoms with van der Waals surface area (Å²) >= 11 is 0. The fraction of sp³-hybridized carbons (Fsp3) is 0.296. The lowest BCUT2D eigenvalue weighted by atomic mass is 9.72. The number of hydrogen-bond acceptors (Lipinski definition) is 8. The molecule has 5 heterocycles. The highest BCUT2D eigenvalue weighted by Gasteiger charge is 2.61. The number of nitrogens with two attached hydrogens (primary N) is 1. The van der Waals surface area contributed by atoms with Crippen molar-refractivity contribution in [2.24, 2.45) is 11.7 Å². The molecule has 9 nitrogen and oxygen atoms in total. The topological polar surface area (TPSA) is 128 Å². The van der Waals surface area contributed by atoms with Gasteiger partial charge in [0.2, 0.25) is 11.8 Å². The van der Waals surface area contributed by atoms with Gasteiger partial charge in [-0.3, -0.25) is 4.79 Å². The Hall–Kier alpha value is -4.11. The second kappa shape index (κ2) is 7.44. The van der Waals surface area contributed by atoms with Crippen molar-refractivity contribution in [1.82, 2.24) is 15.3 Å². The lowest BCUT2D eigenvalue weighted by molar-refractivity contribution is -0.123. The summed E-state index contributed by atoms with van der Waals surface area (Å²) in [6.07, 6.45) is 2.91. The van der Waals surface area contributed by atoms with Gasteiger partial charge in [0.05, 0.1) is 12.2 Å². The van der Waals surface area contributed by atoms with Crippen molar-refractivity contribution in [2.45, 2.75) is 44.0 Å². The second-order valence-corrected chi connectivity index (χ2v) is 9.96. The molecule has 0 fully saturated rings. The fourth-order valence-electron chi connectivity index (χ4n) is 5.71. The van der Waals surface area contributed by atoms with Crippen molar-refractivity contribution in [3.8, 4) is 17.2 Å². The number of carbonyl (C=O) groups is 1. The predicted octanol–water partition coefficient (Wildman–Crippen LogP) is 3.50. The van der Waals surface area contributed by atoms with E-state index in [9.17, 15) is 4.79 Å². The quantitative estimate of drug-likeness (QED) is 0.395. The van der Waals surface area contributed by atoms with E-state index < -0.39 is 23.7 Å². The van der Waals surface area contributed by atoms with Gasteiger partial charge in [-0.2, -0.15) is 0 Å². The molecule has 0 aliphatic carbocycles. The zero-order chi connectivity index (χ0) is 24.6. The Kier molecular flexibility index (Phi) is 4.38. The van der Waals surface area contributed by atoms with Crippen LogP contribution in [-0.4, -0.2) is 28.1 Å². The van der Waals surface area contributed by atoms with Crippen LogP contribution < -0.4 is 21.1 Å². The molecule has 2 aromatic heterocycles. The lowest BCUT2D eigenvalue weighted by Crippen LogP contribution is -2.45. The average molecular weight is 484 g/mol. The van der Waals surface area contributed by atoms with E-state index in [1.54, 1.807) is 6.20 Å². The van der Waals surface area contributed by atoms with Crippen molar-refractivity contribution in [1.29, 1.82) is 0 Å². The van der Waals surface area contributed by atoms with Crippen LogP contribution in [-0.2, 0) is 16.6 Å². The van der Waals surface area contributed by atoms with Crippen LogP contribution in [0.5, 0.6) is 5.75 Å². The number of para-hydroxylation sites is 1. The van der Waals surface area contributed by atoms with Crippen molar-refractivity contribution in [2.75, 3.05) is 5.32 Å². The van der Waals surface area contributed by atoms with Crippen molar-refractivity contribution >= 4 is 11.6 Å². The summed E-state index contributed by atoms with van der Waals surface area (Å²) in [5, 5.41) is 6.62. The summed E-state index contributed by atoms with van der Waals surface area (Å²) in [7, 11) is 0. The SMILES string of the molecule is CC(C)[C@@H]1NC(=O)[C@@H](N)Cc2ccc3c(c2)C2(c4ccccc4NC2O3)c2oc1nc2-c1cnco1. The first kappa shape index (κ1) is 21.2. The Morgan fingerprint density at radius 2 is 2.00 bits per heavy atom. The van der Waals surface area contributed by atoms with E-state index >= 15 is 0 Å². The molecule has 2 unspecified atom stereocenters. The Morgan fingerprint density at radius 3 is 2.81 bits per heavy atom. The van der Waals surface area contributed by atoms with Gasteiger partial charge < -0.3 is 29.9 Å². The molecule has 3 aliphatic heterocycles. The van der Waals surface area contributed by atoms with Crippen molar-refractivity contribution in [3.63, 3.8) is 0 Å². The van der Waals surface area contributed by atoms with Crippen molar-refractivity contribution < 1.29 is 18.4 Å². The van der Waals surface area contributed by atoms with Crippen molar-refractivity contribution in [3.05, 3.63) is 83.4 Å². The van der Waals surface area contributed by atoms with Gasteiger partial charge in [-0.25, -0.2) is 9.97 Å². The molecule has 0 radical (unpaired) electrons. The number of fused-ring (bicyclic) bond motifs is 4. The number of aromatic nitrogens is 2. The second-order valence-electron chi connectivity index (χ2n) is 9.96. The van der Waals surface area contributed by atoms with Gasteiger partial charge in [-0.15, -0.1) is 0 Å². The molecular weight excluding hydrogens is 458 g/mol. The van der Waals surface area contributed by atoms with E-state index in [0.717, 1.165) is 28.1 Å². The maximum Gasteiger partial charge on any atom is 0.237 e. The molecule has 7 rings (SSSR count). The Morgan fingerprint density at radius 1 is 1.14 bits per heavy atom. The summed E-state index contributed by atoms with van der Waals surface area (Å²) in [6.45, 7) is 4.01. The summed E-state index contributed by atoms with van der Waals surface area (Å²) in [6, 6.07) is 12.9. The number of rotatable bonds is 2. The predicted molar refractivity (Wildman–Crippen MR) is 130 cm³/mol. The molecule has 4 aromatic rings. The smallest absolute Gasteiger partial charge is 0.237 e. The van der Waals surface area contributed by atoms with E-state index in [0.29, 0.717) is 29.5 Å². The molecule has 2 aromatic carbocycles. The summed E-state index contributed by atoms with van der Waals surface area (Å²) < 4.78 is 18.9.